The molecule has 0 bridgehead atoms. The number of carbonyl (C=O) groups excluding carboxylic acids is 2. The highest BCUT2D eigenvalue weighted by atomic mass is 35.5. The number of aromatic nitrogens is 4. The molecule has 3 aromatic rings. The van der Waals surface area contributed by atoms with E-state index >= 15 is 0 Å². The quantitative estimate of drug-likeness (QED) is 0.115. The molecule has 44 heavy (non-hydrogen) atoms. The van der Waals surface area contributed by atoms with Crippen LogP contribution in [0.4, 0.5) is 5.82 Å². The highest BCUT2D eigenvalue weighted by molar-refractivity contribution is 7.53. The third-order valence-electron chi connectivity index (χ3n) is 6.44. The summed E-state index contributed by atoms with van der Waals surface area (Å²) in [5, 5.41) is 3.11. The SMILES string of the molecule is C#C[C@@]1(OC(C)=O)[C@@H](COCP(=O)(OCC)OCC)O[C@@H](n2cnc3c(NCc4ccccc4)nc(Cl)nc32)[C@@H]1OC(C)=O. The average molecular weight is 650 g/mol. The Hall–Kier alpha value is -3.57. The van der Waals surface area contributed by atoms with E-state index in [0.29, 0.717) is 17.9 Å². The fourth-order valence-electron chi connectivity index (χ4n) is 4.76. The zero-order valence-corrected chi connectivity index (χ0v) is 26.2. The van der Waals surface area contributed by atoms with Crippen molar-refractivity contribution in [3.63, 3.8) is 0 Å². The van der Waals surface area contributed by atoms with Crippen molar-refractivity contribution in [2.45, 2.75) is 58.3 Å². The van der Waals surface area contributed by atoms with Gasteiger partial charge in [-0.25, -0.2) is 4.98 Å². The number of anilines is 1. The van der Waals surface area contributed by atoms with Gasteiger partial charge in [0.15, 0.2) is 23.2 Å². The smallest absolute Gasteiger partial charge is 0.356 e. The van der Waals surface area contributed by atoms with E-state index in [1.54, 1.807) is 13.8 Å². The molecule has 0 amide bonds. The predicted molar refractivity (Wildman–Crippen MR) is 159 cm³/mol. The van der Waals surface area contributed by atoms with Gasteiger partial charge in [0.05, 0.1) is 26.1 Å². The number of esters is 2. The van der Waals surface area contributed by atoms with Crippen molar-refractivity contribution >= 4 is 48.1 Å². The van der Waals surface area contributed by atoms with E-state index in [0.717, 1.165) is 12.5 Å². The Morgan fingerprint density at radius 1 is 1.16 bits per heavy atom. The number of hydrogen-bond donors (Lipinski definition) is 1. The Bertz CT molecular complexity index is 1560. The van der Waals surface area contributed by atoms with Gasteiger partial charge < -0.3 is 33.3 Å². The zero-order chi connectivity index (χ0) is 31.9. The van der Waals surface area contributed by atoms with Crippen molar-refractivity contribution in [3.05, 3.63) is 47.5 Å². The van der Waals surface area contributed by atoms with Crippen molar-refractivity contribution < 1.29 is 42.1 Å². The number of ether oxygens (including phenoxy) is 4. The van der Waals surface area contributed by atoms with Gasteiger partial charge in [0, 0.05) is 20.4 Å². The van der Waals surface area contributed by atoms with Crippen LogP contribution in [0, 0.1) is 12.3 Å². The van der Waals surface area contributed by atoms with Gasteiger partial charge in [0.25, 0.3) is 0 Å². The summed E-state index contributed by atoms with van der Waals surface area (Å²) in [7, 11) is -3.60. The molecular weight excluding hydrogens is 617 g/mol. The first kappa shape index (κ1) is 33.3. The summed E-state index contributed by atoms with van der Waals surface area (Å²) in [6, 6.07) is 9.62. The first-order valence-electron chi connectivity index (χ1n) is 13.7. The van der Waals surface area contributed by atoms with Gasteiger partial charge in [-0.3, -0.25) is 18.7 Å². The number of halogens is 1. The van der Waals surface area contributed by atoms with Crippen LogP contribution in [0.25, 0.3) is 11.2 Å². The number of fused-ring (bicyclic) bond motifs is 1. The topological polar surface area (TPSA) is 162 Å². The number of hydrogen-bond acceptors (Lipinski definition) is 13. The van der Waals surface area contributed by atoms with E-state index in [-0.39, 0.29) is 30.8 Å². The fourth-order valence-corrected chi connectivity index (χ4v) is 6.26. The molecule has 1 aromatic carbocycles. The lowest BCUT2D eigenvalue weighted by atomic mass is 9.92. The maximum Gasteiger partial charge on any atom is 0.356 e. The lowest BCUT2D eigenvalue weighted by Gasteiger charge is -2.32. The molecule has 0 aliphatic carbocycles. The molecule has 0 saturated carbocycles. The molecule has 0 spiro atoms. The molecule has 2 aromatic heterocycles. The summed E-state index contributed by atoms with van der Waals surface area (Å²) in [5.41, 5.74) is -0.422. The molecule has 16 heteroatoms. The Morgan fingerprint density at radius 2 is 1.86 bits per heavy atom. The lowest BCUT2D eigenvalue weighted by Crippen LogP contribution is -2.53. The summed E-state index contributed by atoms with van der Waals surface area (Å²) in [5.74, 6) is 1.30. The van der Waals surface area contributed by atoms with Gasteiger partial charge >= 0.3 is 19.5 Å². The molecule has 1 saturated heterocycles. The first-order valence-corrected chi connectivity index (χ1v) is 15.8. The van der Waals surface area contributed by atoms with Gasteiger partial charge in [-0.2, -0.15) is 9.97 Å². The van der Waals surface area contributed by atoms with Gasteiger partial charge in [0.1, 0.15) is 12.5 Å². The molecule has 1 fully saturated rings. The minimum absolute atomic E-state index is 0.0949. The first-order chi connectivity index (χ1) is 21.1. The molecule has 1 aliphatic heterocycles. The van der Waals surface area contributed by atoms with Gasteiger partial charge in [-0.05, 0) is 31.0 Å². The van der Waals surface area contributed by atoms with Crippen LogP contribution in [0.2, 0.25) is 5.28 Å². The Kier molecular flexibility index (Phi) is 11.0. The van der Waals surface area contributed by atoms with Crippen LogP contribution in [-0.2, 0) is 48.7 Å². The molecule has 4 atom stereocenters. The van der Waals surface area contributed by atoms with E-state index in [4.69, 9.17) is 46.0 Å². The second kappa shape index (κ2) is 14.5. The molecule has 1 aliphatic rings. The van der Waals surface area contributed by atoms with E-state index in [9.17, 15) is 14.2 Å². The fraction of sp³-hybridized carbons (Fsp3) is 0.464. The summed E-state index contributed by atoms with van der Waals surface area (Å²) < 4.78 is 48.2. The summed E-state index contributed by atoms with van der Waals surface area (Å²) >= 11 is 6.30. The van der Waals surface area contributed by atoms with E-state index in [2.05, 4.69) is 26.2 Å². The molecule has 0 radical (unpaired) electrons. The highest BCUT2D eigenvalue weighted by Crippen LogP contribution is 2.49. The third-order valence-corrected chi connectivity index (χ3v) is 8.41. The van der Waals surface area contributed by atoms with Crippen LogP contribution >= 0.6 is 19.2 Å². The third kappa shape index (κ3) is 7.38. The average Bonchev–Trinajstić information content (AvgIpc) is 3.51. The second-order valence-electron chi connectivity index (χ2n) is 9.53. The number of terminal acetylenes is 1. The Balaban J connectivity index is 1.71. The molecule has 0 unspecified atom stereocenters. The number of nitrogens with zero attached hydrogens (tertiary/aromatic N) is 4. The number of imidazole rings is 1. The second-order valence-corrected chi connectivity index (χ2v) is 11.9. The standard InChI is InChI=1S/C28H33ClN5O9P/c1-6-28(43-19(5)36)21(15-38-17-44(37,39-7-2)40-8-3)42-26(23(28)41-18(4)35)34-16-31-22-24(32-27(29)33-25(22)34)30-14-20-12-10-9-11-13-20/h1,9-13,16,21,23,26H,7-8,14-15,17H2,2-5H3,(H,30,32,33)/t21-,23+,26-,28-/m1/s1. The maximum atomic E-state index is 13.0. The van der Waals surface area contributed by atoms with Gasteiger partial charge in [-0.1, -0.05) is 36.3 Å². The van der Waals surface area contributed by atoms with E-state index < -0.39 is 49.9 Å². The Labute approximate surface area is 259 Å². The summed E-state index contributed by atoms with van der Waals surface area (Å²) in [6.07, 6.45) is 3.09. The van der Waals surface area contributed by atoms with Crippen molar-refractivity contribution in [2.24, 2.45) is 0 Å². The summed E-state index contributed by atoms with van der Waals surface area (Å²) in [6.45, 7) is 5.98. The van der Waals surface area contributed by atoms with Crippen molar-refractivity contribution in [3.8, 4) is 12.3 Å². The van der Waals surface area contributed by atoms with Crippen LogP contribution in [0.3, 0.4) is 0 Å². The van der Waals surface area contributed by atoms with Crippen molar-refractivity contribution in [2.75, 3.05) is 31.5 Å². The van der Waals surface area contributed by atoms with Gasteiger partial charge in [0.2, 0.25) is 17.0 Å². The number of rotatable bonds is 14. The monoisotopic (exact) mass is 649 g/mol. The van der Waals surface area contributed by atoms with Crippen LogP contribution in [0.15, 0.2) is 36.7 Å². The van der Waals surface area contributed by atoms with Crippen LogP contribution in [0.5, 0.6) is 0 Å². The Morgan fingerprint density at radius 3 is 2.48 bits per heavy atom. The van der Waals surface area contributed by atoms with Gasteiger partial charge in [-0.15, -0.1) is 6.42 Å². The minimum Gasteiger partial charge on any atom is -0.452 e. The van der Waals surface area contributed by atoms with Crippen molar-refractivity contribution in [1.29, 1.82) is 0 Å². The van der Waals surface area contributed by atoms with E-state index in [1.165, 1.54) is 17.8 Å². The number of benzene rings is 1. The van der Waals surface area contributed by atoms with E-state index in [1.807, 2.05) is 30.3 Å². The summed E-state index contributed by atoms with van der Waals surface area (Å²) in [4.78, 5) is 37.7. The molecule has 3 heterocycles. The molecular formula is C28H33ClN5O9P. The van der Waals surface area contributed by atoms with Crippen LogP contribution < -0.4 is 5.32 Å². The normalized spacial score (nSPS) is 21.6. The number of carbonyl (C=O) groups is 2. The van der Waals surface area contributed by atoms with Crippen molar-refractivity contribution in [1.82, 2.24) is 19.5 Å². The largest absolute Gasteiger partial charge is 0.452 e. The molecule has 4 rings (SSSR count). The number of nitrogens with one attached hydrogen (secondary N) is 1. The highest BCUT2D eigenvalue weighted by Gasteiger charge is 2.62. The predicted octanol–water partition coefficient (Wildman–Crippen LogP) is 4.10. The minimum atomic E-state index is -3.60. The maximum absolute atomic E-state index is 13.0. The van der Waals surface area contributed by atoms with Crippen LogP contribution in [-0.4, -0.2) is 75.4 Å². The molecule has 14 nitrogen and oxygen atoms in total. The molecule has 1 N–H and O–H groups in total. The van der Waals surface area contributed by atoms with Crippen LogP contribution in [0.1, 0.15) is 39.5 Å². The molecule has 236 valence electrons. The zero-order valence-electron chi connectivity index (χ0n) is 24.6. The lowest BCUT2D eigenvalue weighted by molar-refractivity contribution is -0.175.